The maximum absolute atomic E-state index is 4.69. The van der Waals surface area contributed by atoms with E-state index in [-0.39, 0.29) is 0 Å². The average Bonchev–Trinajstić information content (AvgIpc) is 3.14. The number of pyridine rings is 1. The van der Waals surface area contributed by atoms with Crippen LogP contribution in [0.25, 0.3) is 11.0 Å². The van der Waals surface area contributed by atoms with Crippen molar-refractivity contribution in [1.82, 2.24) is 24.7 Å². The zero-order chi connectivity index (χ0) is 14.2. The molecule has 0 aromatic carbocycles. The Morgan fingerprint density at radius 1 is 1.19 bits per heavy atom. The largest absolute Gasteiger partial charge is 0.355 e. The summed E-state index contributed by atoms with van der Waals surface area (Å²) in [6, 6.07) is 4.08. The number of anilines is 1. The molecule has 3 aromatic heterocycles. The first kappa shape index (κ1) is 12.3. The van der Waals surface area contributed by atoms with Crippen molar-refractivity contribution in [3.8, 4) is 0 Å². The number of rotatable bonds is 2. The Labute approximate surface area is 122 Å². The van der Waals surface area contributed by atoms with Crippen molar-refractivity contribution in [2.45, 2.75) is 12.3 Å². The highest BCUT2D eigenvalue weighted by atomic mass is 15.3. The lowest BCUT2D eigenvalue weighted by Gasteiger charge is -2.16. The number of aryl methyl sites for hydroxylation is 1. The van der Waals surface area contributed by atoms with Gasteiger partial charge in [0.2, 0.25) is 0 Å². The van der Waals surface area contributed by atoms with Gasteiger partial charge in [-0.15, -0.1) is 0 Å². The molecule has 0 spiro atoms. The van der Waals surface area contributed by atoms with Gasteiger partial charge in [-0.3, -0.25) is 9.67 Å². The highest BCUT2D eigenvalue weighted by Gasteiger charge is 2.28. The van der Waals surface area contributed by atoms with Gasteiger partial charge in [0.25, 0.3) is 0 Å². The Bertz CT molecular complexity index is 766. The standard InChI is InChI=1S/C15H16N6/c1-20-15-12(3-2-5-18-15)14(19-20)11-4-8-21(10-11)13-9-16-6-7-17-13/h2-3,5-7,9,11H,4,8,10H2,1H3/t11-/m0/s1. The topological polar surface area (TPSA) is 59.7 Å². The molecule has 0 aliphatic carbocycles. The number of aromatic nitrogens is 5. The maximum Gasteiger partial charge on any atom is 0.157 e. The molecule has 0 saturated carbocycles. The van der Waals surface area contributed by atoms with Gasteiger partial charge in [0.15, 0.2) is 5.65 Å². The van der Waals surface area contributed by atoms with E-state index in [1.54, 1.807) is 12.4 Å². The molecule has 0 bridgehead atoms. The molecule has 1 fully saturated rings. The van der Waals surface area contributed by atoms with Gasteiger partial charge in [-0.05, 0) is 18.6 Å². The van der Waals surface area contributed by atoms with E-state index in [4.69, 9.17) is 5.10 Å². The van der Waals surface area contributed by atoms with Crippen LogP contribution in [0.5, 0.6) is 0 Å². The quantitative estimate of drug-likeness (QED) is 0.715. The third-order valence-corrected chi connectivity index (χ3v) is 4.08. The van der Waals surface area contributed by atoms with Crippen LogP contribution in [0.4, 0.5) is 5.82 Å². The van der Waals surface area contributed by atoms with E-state index >= 15 is 0 Å². The van der Waals surface area contributed by atoms with E-state index in [1.165, 1.54) is 0 Å². The summed E-state index contributed by atoms with van der Waals surface area (Å²) in [5.41, 5.74) is 2.09. The van der Waals surface area contributed by atoms with Crippen molar-refractivity contribution in [2.24, 2.45) is 7.05 Å². The molecule has 1 aliphatic rings. The smallest absolute Gasteiger partial charge is 0.157 e. The van der Waals surface area contributed by atoms with E-state index in [2.05, 4.69) is 25.9 Å². The summed E-state index contributed by atoms with van der Waals surface area (Å²) >= 11 is 0. The second kappa shape index (κ2) is 4.80. The Hall–Kier alpha value is -2.50. The average molecular weight is 280 g/mol. The van der Waals surface area contributed by atoms with Gasteiger partial charge in [-0.2, -0.15) is 5.10 Å². The molecule has 4 rings (SSSR count). The van der Waals surface area contributed by atoms with Crippen molar-refractivity contribution < 1.29 is 0 Å². The van der Waals surface area contributed by atoms with E-state index < -0.39 is 0 Å². The zero-order valence-corrected chi connectivity index (χ0v) is 11.8. The van der Waals surface area contributed by atoms with Gasteiger partial charge in [-0.1, -0.05) is 0 Å². The molecule has 1 saturated heterocycles. The van der Waals surface area contributed by atoms with Crippen molar-refractivity contribution in [3.05, 3.63) is 42.6 Å². The highest BCUT2D eigenvalue weighted by Crippen LogP contribution is 2.32. The summed E-state index contributed by atoms with van der Waals surface area (Å²) in [6.07, 6.45) is 8.16. The molecular weight excluding hydrogens is 264 g/mol. The normalized spacial score (nSPS) is 18.5. The fourth-order valence-corrected chi connectivity index (χ4v) is 3.07. The first-order chi connectivity index (χ1) is 10.3. The van der Waals surface area contributed by atoms with Gasteiger partial charge >= 0.3 is 0 Å². The number of hydrogen-bond donors (Lipinski definition) is 0. The van der Waals surface area contributed by atoms with Crippen molar-refractivity contribution in [1.29, 1.82) is 0 Å². The molecule has 3 aromatic rings. The van der Waals surface area contributed by atoms with Crippen molar-refractivity contribution in [2.75, 3.05) is 18.0 Å². The van der Waals surface area contributed by atoms with Crippen LogP contribution in [0.3, 0.4) is 0 Å². The first-order valence-corrected chi connectivity index (χ1v) is 7.11. The van der Waals surface area contributed by atoms with Crippen LogP contribution in [0.1, 0.15) is 18.0 Å². The molecule has 21 heavy (non-hydrogen) atoms. The predicted molar refractivity (Wildman–Crippen MR) is 80.1 cm³/mol. The van der Waals surface area contributed by atoms with Crippen LogP contribution >= 0.6 is 0 Å². The van der Waals surface area contributed by atoms with Gasteiger partial charge in [0, 0.05) is 50.0 Å². The van der Waals surface area contributed by atoms with E-state index in [0.717, 1.165) is 42.1 Å². The van der Waals surface area contributed by atoms with E-state index in [0.29, 0.717) is 5.92 Å². The lowest BCUT2D eigenvalue weighted by atomic mass is 10.0. The summed E-state index contributed by atoms with van der Waals surface area (Å²) in [5, 5.41) is 5.85. The van der Waals surface area contributed by atoms with Crippen LogP contribution < -0.4 is 4.90 Å². The first-order valence-electron chi connectivity index (χ1n) is 7.11. The Kier molecular flexibility index (Phi) is 2.80. The molecule has 106 valence electrons. The SMILES string of the molecule is Cn1nc([C@H]2CCN(c3cnccn3)C2)c2cccnc21. The van der Waals surface area contributed by atoms with Crippen molar-refractivity contribution in [3.63, 3.8) is 0 Å². The van der Waals surface area contributed by atoms with Crippen molar-refractivity contribution >= 4 is 16.9 Å². The molecular formula is C15H16N6. The predicted octanol–water partition coefficient (Wildman–Crippen LogP) is 1.75. The summed E-state index contributed by atoms with van der Waals surface area (Å²) in [6.45, 7) is 1.92. The molecule has 0 radical (unpaired) electrons. The molecule has 1 atom stereocenters. The fraction of sp³-hybridized carbons (Fsp3) is 0.333. The second-order valence-electron chi connectivity index (χ2n) is 5.38. The van der Waals surface area contributed by atoms with Crippen LogP contribution in [0, 0.1) is 0 Å². The minimum atomic E-state index is 0.417. The fourth-order valence-electron chi connectivity index (χ4n) is 3.07. The lowest BCUT2D eigenvalue weighted by Crippen LogP contribution is -2.20. The lowest BCUT2D eigenvalue weighted by molar-refractivity contribution is 0.692. The second-order valence-corrected chi connectivity index (χ2v) is 5.38. The van der Waals surface area contributed by atoms with Gasteiger partial charge in [-0.25, -0.2) is 9.97 Å². The maximum atomic E-state index is 4.69. The summed E-state index contributed by atoms with van der Waals surface area (Å²) in [7, 11) is 1.95. The third-order valence-electron chi connectivity index (χ3n) is 4.08. The highest BCUT2D eigenvalue weighted by molar-refractivity contribution is 5.78. The Morgan fingerprint density at radius 3 is 3.00 bits per heavy atom. The monoisotopic (exact) mass is 280 g/mol. The van der Waals surface area contributed by atoms with E-state index in [9.17, 15) is 0 Å². The number of fused-ring (bicyclic) bond motifs is 1. The minimum Gasteiger partial charge on any atom is -0.355 e. The Balaban J connectivity index is 1.66. The third kappa shape index (κ3) is 2.03. The van der Waals surface area contributed by atoms with Crippen LogP contribution in [-0.2, 0) is 7.05 Å². The number of nitrogens with zero attached hydrogens (tertiary/aromatic N) is 6. The molecule has 6 heteroatoms. The van der Waals surface area contributed by atoms with Gasteiger partial charge in [0.05, 0.1) is 11.9 Å². The molecule has 1 aliphatic heterocycles. The van der Waals surface area contributed by atoms with E-state index in [1.807, 2.05) is 30.2 Å². The molecule has 4 heterocycles. The summed E-state index contributed by atoms with van der Waals surface area (Å²) in [4.78, 5) is 15.2. The summed E-state index contributed by atoms with van der Waals surface area (Å²) in [5.74, 6) is 1.36. The summed E-state index contributed by atoms with van der Waals surface area (Å²) < 4.78 is 1.87. The Morgan fingerprint density at radius 2 is 2.14 bits per heavy atom. The van der Waals surface area contributed by atoms with Crippen LogP contribution in [0.2, 0.25) is 0 Å². The minimum absolute atomic E-state index is 0.417. The molecule has 6 nitrogen and oxygen atoms in total. The molecule has 0 unspecified atom stereocenters. The van der Waals surface area contributed by atoms with Crippen LogP contribution in [-0.4, -0.2) is 37.8 Å². The zero-order valence-electron chi connectivity index (χ0n) is 11.8. The molecule has 0 N–H and O–H groups in total. The molecule has 0 amide bonds. The number of hydrogen-bond acceptors (Lipinski definition) is 5. The van der Waals surface area contributed by atoms with Gasteiger partial charge in [0.1, 0.15) is 5.82 Å². The van der Waals surface area contributed by atoms with Gasteiger partial charge < -0.3 is 4.90 Å². The van der Waals surface area contributed by atoms with Crippen LogP contribution in [0.15, 0.2) is 36.9 Å².